The summed E-state index contributed by atoms with van der Waals surface area (Å²) >= 11 is 1.35. The number of aromatic nitrogens is 4. The number of carbonyl (C=O) groups is 2. The van der Waals surface area contributed by atoms with Gasteiger partial charge < -0.3 is 9.88 Å². The average molecular weight is 395 g/mol. The Kier molecular flexibility index (Phi) is 6.20. The first kappa shape index (κ1) is 19.8. The molecular formula is C20H21N5O2S. The molecule has 1 amide bonds. The molecular weight excluding hydrogens is 374 g/mol. The minimum atomic E-state index is -0.372. The van der Waals surface area contributed by atoms with Crippen LogP contribution >= 0.6 is 11.8 Å². The van der Waals surface area contributed by atoms with Gasteiger partial charge in [0.05, 0.1) is 5.25 Å². The number of carbonyl (C=O) groups excluding carboxylic acids is 2. The van der Waals surface area contributed by atoms with Crippen LogP contribution in [0.5, 0.6) is 0 Å². The van der Waals surface area contributed by atoms with E-state index in [1.54, 1.807) is 36.7 Å². The van der Waals surface area contributed by atoms with E-state index in [4.69, 9.17) is 0 Å². The number of pyridine rings is 1. The van der Waals surface area contributed by atoms with Crippen LogP contribution in [-0.2, 0) is 11.3 Å². The molecule has 2 aromatic heterocycles. The van der Waals surface area contributed by atoms with Gasteiger partial charge in [0.2, 0.25) is 5.91 Å². The van der Waals surface area contributed by atoms with E-state index in [-0.39, 0.29) is 16.9 Å². The number of hydrogen-bond acceptors (Lipinski definition) is 6. The van der Waals surface area contributed by atoms with Crippen molar-refractivity contribution in [3.05, 3.63) is 54.4 Å². The van der Waals surface area contributed by atoms with Gasteiger partial charge in [0.15, 0.2) is 16.8 Å². The first-order chi connectivity index (χ1) is 13.5. The highest BCUT2D eigenvalue weighted by molar-refractivity contribution is 8.00. The summed E-state index contributed by atoms with van der Waals surface area (Å²) in [6.07, 6.45) is 3.45. The summed E-state index contributed by atoms with van der Waals surface area (Å²) in [5.74, 6) is 0.574. The molecule has 1 atom stereocenters. The Balaban J connectivity index is 1.70. The Labute approximate surface area is 167 Å². The Morgan fingerprint density at radius 1 is 1.18 bits per heavy atom. The van der Waals surface area contributed by atoms with Crippen LogP contribution in [-0.4, -0.2) is 36.7 Å². The quantitative estimate of drug-likeness (QED) is 0.485. The number of nitrogens with zero attached hydrogens (tertiary/aromatic N) is 4. The van der Waals surface area contributed by atoms with E-state index in [1.165, 1.54) is 18.7 Å². The zero-order valence-electron chi connectivity index (χ0n) is 15.9. The molecule has 0 aliphatic heterocycles. The van der Waals surface area contributed by atoms with Crippen molar-refractivity contribution < 1.29 is 9.59 Å². The first-order valence-electron chi connectivity index (χ1n) is 8.91. The van der Waals surface area contributed by atoms with Crippen LogP contribution in [0.25, 0.3) is 11.4 Å². The van der Waals surface area contributed by atoms with Crippen LogP contribution in [0.1, 0.15) is 31.1 Å². The summed E-state index contributed by atoms with van der Waals surface area (Å²) in [6, 6.07) is 10.6. The second-order valence-electron chi connectivity index (χ2n) is 6.18. The van der Waals surface area contributed by atoms with Gasteiger partial charge in [0.25, 0.3) is 0 Å². The number of Topliss-reactive ketones (excluding diaryl/α,β-unsaturated/α-hetero) is 1. The van der Waals surface area contributed by atoms with Crippen LogP contribution in [0.2, 0.25) is 0 Å². The van der Waals surface area contributed by atoms with Gasteiger partial charge in [-0.15, -0.1) is 10.2 Å². The van der Waals surface area contributed by atoms with E-state index in [0.717, 1.165) is 11.4 Å². The largest absolute Gasteiger partial charge is 0.325 e. The number of nitrogens with one attached hydrogen (secondary N) is 1. The number of amides is 1. The van der Waals surface area contributed by atoms with Crippen molar-refractivity contribution in [1.82, 2.24) is 19.7 Å². The molecule has 3 rings (SSSR count). The van der Waals surface area contributed by atoms with Crippen molar-refractivity contribution in [2.24, 2.45) is 0 Å². The third-order valence-electron chi connectivity index (χ3n) is 4.16. The van der Waals surface area contributed by atoms with Gasteiger partial charge in [-0.1, -0.05) is 11.8 Å². The molecule has 0 bridgehead atoms. The summed E-state index contributed by atoms with van der Waals surface area (Å²) in [5, 5.41) is 11.7. The number of thioether (sulfide) groups is 1. The molecule has 0 saturated heterocycles. The molecule has 7 nitrogen and oxygen atoms in total. The van der Waals surface area contributed by atoms with E-state index in [0.29, 0.717) is 23.0 Å². The van der Waals surface area contributed by atoms with Crippen LogP contribution in [0, 0.1) is 0 Å². The van der Waals surface area contributed by atoms with Crippen LogP contribution in [0.15, 0.2) is 53.9 Å². The molecule has 1 N–H and O–H groups in total. The predicted octanol–water partition coefficient (Wildman–Crippen LogP) is 3.68. The molecule has 2 heterocycles. The maximum atomic E-state index is 12.5. The Morgan fingerprint density at radius 3 is 2.54 bits per heavy atom. The second-order valence-corrected chi connectivity index (χ2v) is 7.48. The Morgan fingerprint density at radius 2 is 1.93 bits per heavy atom. The minimum absolute atomic E-state index is 0.00915. The fourth-order valence-electron chi connectivity index (χ4n) is 2.61. The monoisotopic (exact) mass is 395 g/mol. The van der Waals surface area contributed by atoms with E-state index < -0.39 is 0 Å². The second kappa shape index (κ2) is 8.79. The number of rotatable bonds is 7. The number of benzene rings is 1. The summed E-state index contributed by atoms with van der Waals surface area (Å²) in [5.41, 5.74) is 2.14. The zero-order chi connectivity index (χ0) is 20.1. The maximum Gasteiger partial charge on any atom is 0.237 e. The van der Waals surface area contributed by atoms with E-state index in [1.807, 2.05) is 30.5 Å². The van der Waals surface area contributed by atoms with Crippen molar-refractivity contribution >= 4 is 29.1 Å². The summed E-state index contributed by atoms with van der Waals surface area (Å²) in [7, 11) is 0. The molecule has 0 aliphatic carbocycles. The van der Waals surface area contributed by atoms with Crippen molar-refractivity contribution in [3.8, 4) is 11.4 Å². The van der Waals surface area contributed by atoms with Crippen LogP contribution < -0.4 is 5.32 Å². The summed E-state index contributed by atoms with van der Waals surface area (Å²) < 4.78 is 1.97. The molecule has 0 saturated carbocycles. The molecule has 0 fully saturated rings. The lowest BCUT2D eigenvalue weighted by Gasteiger charge is -2.13. The Hall–Kier alpha value is -3.00. The molecule has 144 valence electrons. The lowest BCUT2D eigenvalue weighted by atomic mass is 10.1. The maximum absolute atomic E-state index is 12.5. The van der Waals surface area contributed by atoms with Gasteiger partial charge in [-0.2, -0.15) is 0 Å². The molecule has 1 aromatic carbocycles. The fraction of sp³-hybridized carbons (Fsp3) is 0.250. The smallest absolute Gasteiger partial charge is 0.237 e. The van der Waals surface area contributed by atoms with E-state index >= 15 is 0 Å². The predicted molar refractivity (Wildman–Crippen MR) is 109 cm³/mol. The molecule has 0 spiro atoms. The highest BCUT2D eigenvalue weighted by atomic mass is 32.2. The van der Waals surface area contributed by atoms with Gasteiger partial charge in [-0.25, -0.2) is 0 Å². The topological polar surface area (TPSA) is 89.8 Å². The molecule has 8 heteroatoms. The van der Waals surface area contributed by atoms with Crippen molar-refractivity contribution in [1.29, 1.82) is 0 Å². The van der Waals surface area contributed by atoms with E-state index in [9.17, 15) is 9.59 Å². The number of hydrogen-bond donors (Lipinski definition) is 1. The van der Waals surface area contributed by atoms with Gasteiger partial charge in [-0.3, -0.25) is 14.6 Å². The van der Waals surface area contributed by atoms with E-state index in [2.05, 4.69) is 20.5 Å². The highest BCUT2D eigenvalue weighted by Gasteiger charge is 2.20. The first-order valence-corrected chi connectivity index (χ1v) is 9.79. The fourth-order valence-corrected chi connectivity index (χ4v) is 3.53. The third-order valence-corrected chi connectivity index (χ3v) is 5.24. The summed E-state index contributed by atoms with van der Waals surface area (Å²) in [4.78, 5) is 28.0. The summed E-state index contributed by atoms with van der Waals surface area (Å²) in [6.45, 7) is 6.02. The van der Waals surface area contributed by atoms with Gasteiger partial charge in [0, 0.05) is 35.8 Å². The standard InChI is InChI=1S/C20H21N5O2S/c1-4-25-18(16-6-5-11-21-12-16)23-24-20(25)28-14(3)19(27)22-17-9-7-15(8-10-17)13(2)26/h5-12,14H,4H2,1-3H3,(H,22,27)/t14-/m1/s1. The minimum Gasteiger partial charge on any atom is -0.325 e. The molecule has 28 heavy (non-hydrogen) atoms. The van der Waals surface area contributed by atoms with Gasteiger partial charge >= 0.3 is 0 Å². The zero-order valence-corrected chi connectivity index (χ0v) is 16.7. The van der Waals surface area contributed by atoms with Crippen molar-refractivity contribution in [3.63, 3.8) is 0 Å². The van der Waals surface area contributed by atoms with Crippen LogP contribution in [0.4, 0.5) is 5.69 Å². The third kappa shape index (κ3) is 4.45. The van der Waals surface area contributed by atoms with Gasteiger partial charge in [-0.05, 0) is 57.2 Å². The highest BCUT2D eigenvalue weighted by Crippen LogP contribution is 2.27. The Bertz CT molecular complexity index is 970. The molecule has 3 aromatic rings. The van der Waals surface area contributed by atoms with Gasteiger partial charge in [0.1, 0.15) is 0 Å². The van der Waals surface area contributed by atoms with Crippen molar-refractivity contribution in [2.45, 2.75) is 37.7 Å². The lowest BCUT2D eigenvalue weighted by Crippen LogP contribution is -2.23. The molecule has 0 radical (unpaired) electrons. The molecule has 0 aliphatic rings. The average Bonchev–Trinajstić information content (AvgIpc) is 3.11. The molecule has 0 unspecified atom stereocenters. The SMILES string of the molecule is CCn1c(S[C@H](C)C(=O)Nc2ccc(C(C)=O)cc2)nnc1-c1cccnc1. The lowest BCUT2D eigenvalue weighted by molar-refractivity contribution is -0.115. The van der Waals surface area contributed by atoms with Crippen molar-refractivity contribution in [2.75, 3.05) is 5.32 Å². The van der Waals surface area contributed by atoms with Crippen LogP contribution in [0.3, 0.4) is 0 Å². The normalized spacial score (nSPS) is 11.8. The number of anilines is 1. The number of ketones is 1.